The van der Waals surface area contributed by atoms with Crippen molar-refractivity contribution < 1.29 is 19.5 Å². The van der Waals surface area contributed by atoms with Crippen LogP contribution >= 0.6 is 11.3 Å². The van der Waals surface area contributed by atoms with Crippen LogP contribution in [-0.2, 0) is 14.4 Å². The summed E-state index contributed by atoms with van der Waals surface area (Å²) in [6, 6.07) is 10.1. The maximum Gasteiger partial charge on any atom is 0.282 e. The number of aliphatic hydroxyl groups is 1. The molecule has 140 valence electrons. The minimum atomic E-state index is -0.438. The van der Waals surface area contributed by atoms with Gasteiger partial charge in [-0.15, -0.1) is 11.3 Å². The lowest BCUT2D eigenvalue weighted by Gasteiger charge is -2.20. The number of hydrogen-bond acceptors (Lipinski definition) is 6. The van der Waals surface area contributed by atoms with Gasteiger partial charge in [0.25, 0.3) is 11.8 Å². The van der Waals surface area contributed by atoms with Crippen LogP contribution in [0.15, 0.2) is 47.5 Å². The number of imide groups is 1. The molecule has 0 radical (unpaired) electrons. The Morgan fingerprint density at radius 2 is 1.89 bits per heavy atom. The van der Waals surface area contributed by atoms with Crippen LogP contribution in [0.2, 0.25) is 0 Å². The van der Waals surface area contributed by atoms with Crippen LogP contribution in [0.25, 0.3) is 5.57 Å². The molecule has 1 aromatic carbocycles. The van der Waals surface area contributed by atoms with Gasteiger partial charge in [-0.2, -0.15) is 0 Å². The van der Waals surface area contributed by atoms with Crippen molar-refractivity contribution in [3.05, 3.63) is 52.4 Å². The van der Waals surface area contributed by atoms with Gasteiger partial charge < -0.3 is 15.3 Å². The zero-order valence-electron chi connectivity index (χ0n) is 14.9. The molecule has 2 N–H and O–H groups in total. The molecule has 0 saturated carbocycles. The van der Waals surface area contributed by atoms with E-state index < -0.39 is 11.8 Å². The van der Waals surface area contributed by atoms with Crippen molar-refractivity contribution in [2.45, 2.75) is 6.92 Å². The highest BCUT2D eigenvalue weighted by Gasteiger charge is 2.42. The molecule has 1 aliphatic rings. The maximum absolute atomic E-state index is 13.1. The largest absolute Gasteiger partial charge is 0.395 e. The van der Waals surface area contributed by atoms with Crippen molar-refractivity contribution in [1.29, 1.82) is 0 Å². The van der Waals surface area contributed by atoms with Crippen LogP contribution in [0, 0.1) is 0 Å². The molecule has 0 bridgehead atoms. The molecule has 0 unspecified atom stereocenters. The lowest BCUT2D eigenvalue weighted by atomic mass is 10.2. The number of carbonyl (C=O) groups excluding carboxylic acids is 3. The number of likely N-dealkylation sites (N-methyl/N-ethyl adjacent to an activating group) is 1. The van der Waals surface area contributed by atoms with Crippen LogP contribution in [0.1, 0.15) is 11.8 Å². The van der Waals surface area contributed by atoms with Gasteiger partial charge in [0.15, 0.2) is 0 Å². The van der Waals surface area contributed by atoms with Gasteiger partial charge in [-0.1, -0.05) is 6.07 Å². The van der Waals surface area contributed by atoms with Gasteiger partial charge in [0.05, 0.1) is 17.9 Å². The zero-order valence-corrected chi connectivity index (χ0v) is 15.7. The molecule has 0 aliphatic carbocycles. The molecule has 2 heterocycles. The van der Waals surface area contributed by atoms with Crippen molar-refractivity contribution in [1.82, 2.24) is 4.90 Å². The highest BCUT2D eigenvalue weighted by atomic mass is 32.1. The fraction of sp³-hybridized carbons (Fsp3) is 0.211. The van der Waals surface area contributed by atoms with Gasteiger partial charge >= 0.3 is 0 Å². The normalized spacial score (nSPS) is 14.1. The highest BCUT2D eigenvalue weighted by Crippen LogP contribution is 2.36. The number of nitrogens with one attached hydrogen (secondary N) is 1. The van der Waals surface area contributed by atoms with Crippen molar-refractivity contribution in [2.75, 3.05) is 30.4 Å². The number of anilines is 2. The Morgan fingerprint density at radius 1 is 1.19 bits per heavy atom. The number of hydrogen-bond donors (Lipinski definition) is 2. The molecule has 2 aromatic rings. The average Bonchev–Trinajstić information content (AvgIpc) is 3.22. The molecule has 7 nitrogen and oxygen atoms in total. The van der Waals surface area contributed by atoms with Crippen LogP contribution in [0.5, 0.6) is 0 Å². The first-order valence-corrected chi connectivity index (χ1v) is 9.18. The molecular weight excluding hydrogens is 366 g/mol. The summed E-state index contributed by atoms with van der Waals surface area (Å²) >= 11 is 1.38. The second-order valence-electron chi connectivity index (χ2n) is 6.02. The number of thiophene rings is 1. The predicted molar refractivity (Wildman–Crippen MR) is 104 cm³/mol. The van der Waals surface area contributed by atoms with Crippen LogP contribution in [0.4, 0.5) is 11.4 Å². The first kappa shape index (κ1) is 18.8. The van der Waals surface area contributed by atoms with E-state index in [9.17, 15) is 19.5 Å². The fourth-order valence-corrected chi connectivity index (χ4v) is 3.67. The first-order valence-electron chi connectivity index (χ1n) is 8.30. The summed E-state index contributed by atoms with van der Waals surface area (Å²) in [6.45, 7) is 1.51. The number of nitrogens with zero attached hydrogens (tertiary/aromatic N) is 2. The number of aliphatic hydroxyl groups excluding tert-OH is 1. The van der Waals surface area contributed by atoms with Crippen molar-refractivity contribution in [2.24, 2.45) is 0 Å². The molecule has 3 rings (SSSR count). The Kier molecular flexibility index (Phi) is 5.38. The van der Waals surface area contributed by atoms with E-state index in [-0.39, 0.29) is 24.8 Å². The third-order valence-corrected chi connectivity index (χ3v) is 4.98. The number of amides is 3. The van der Waals surface area contributed by atoms with Crippen LogP contribution in [-0.4, -0.2) is 47.9 Å². The lowest BCUT2D eigenvalue weighted by Crippen LogP contribution is -2.34. The Balaban J connectivity index is 1.99. The summed E-state index contributed by atoms with van der Waals surface area (Å²) in [6.07, 6.45) is 0. The first-order chi connectivity index (χ1) is 12.9. The minimum Gasteiger partial charge on any atom is -0.395 e. The SMILES string of the molecule is CC(=O)Nc1ccc(N2C(=O)C(c3cccs3)=C(N(C)CCO)C2=O)cc1. The van der Waals surface area contributed by atoms with Gasteiger partial charge in [0.2, 0.25) is 5.91 Å². The van der Waals surface area contributed by atoms with E-state index in [1.54, 1.807) is 42.3 Å². The second kappa shape index (κ2) is 7.73. The highest BCUT2D eigenvalue weighted by molar-refractivity contribution is 7.11. The molecule has 1 aliphatic heterocycles. The summed E-state index contributed by atoms with van der Waals surface area (Å²) < 4.78 is 0. The van der Waals surface area contributed by atoms with Crippen molar-refractivity contribution in [3.8, 4) is 0 Å². The van der Waals surface area contributed by atoms with E-state index in [0.29, 0.717) is 21.8 Å². The smallest absolute Gasteiger partial charge is 0.282 e. The van der Waals surface area contributed by atoms with Gasteiger partial charge in [-0.3, -0.25) is 14.4 Å². The van der Waals surface area contributed by atoms with E-state index in [0.717, 1.165) is 4.90 Å². The van der Waals surface area contributed by atoms with Crippen molar-refractivity contribution >= 4 is 46.0 Å². The van der Waals surface area contributed by atoms with Gasteiger partial charge in [-0.05, 0) is 35.7 Å². The summed E-state index contributed by atoms with van der Waals surface area (Å²) in [7, 11) is 1.67. The van der Waals surface area contributed by atoms with E-state index in [4.69, 9.17) is 0 Å². The minimum absolute atomic E-state index is 0.134. The van der Waals surface area contributed by atoms with Gasteiger partial charge in [0, 0.05) is 31.1 Å². The van der Waals surface area contributed by atoms with E-state index in [1.807, 2.05) is 11.4 Å². The topological polar surface area (TPSA) is 90.0 Å². The predicted octanol–water partition coefficient (Wildman–Crippen LogP) is 1.92. The molecule has 3 amide bonds. The molecule has 0 atom stereocenters. The third-order valence-electron chi connectivity index (χ3n) is 4.09. The Labute approximate surface area is 160 Å². The van der Waals surface area contributed by atoms with Gasteiger partial charge in [0.1, 0.15) is 5.70 Å². The fourth-order valence-electron chi connectivity index (χ4n) is 2.91. The Morgan fingerprint density at radius 3 is 2.44 bits per heavy atom. The molecule has 0 saturated heterocycles. The quantitative estimate of drug-likeness (QED) is 0.742. The number of benzene rings is 1. The summed E-state index contributed by atoms with van der Waals surface area (Å²) in [4.78, 5) is 40.7. The lowest BCUT2D eigenvalue weighted by molar-refractivity contribution is -0.120. The van der Waals surface area contributed by atoms with Gasteiger partial charge in [-0.25, -0.2) is 4.90 Å². The zero-order chi connectivity index (χ0) is 19.6. The van der Waals surface area contributed by atoms with E-state index in [2.05, 4.69) is 5.32 Å². The Bertz CT molecular complexity index is 904. The third kappa shape index (κ3) is 3.62. The summed E-state index contributed by atoms with van der Waals surface area (Å²) in [5.74, 6) is -1.05. The molecule has 0 fully saturated rings. The molecular formula is C19H19N3O4S. The summed E-state index contributed by atoms with van der Waals surface area (Å²) in [5, 5.41) is 13.7. The standard InChI is InChI=1S/C19H19N3O4S/c1-12(24)20-13-5-7-14(8-6-13)22-18(25)16(15-4-3-11-27-15)17(19(22)26)21(2)9-10-23/h3-8,11,23H,9-10H2,1-2H3,(H,20,24). The number of carbonyl (C=O) groups is 3. The monoisotopic (exact) mass is 385 g/mol. The Hall–Kier alpha value is -2.97. The van der Waals surface area contributed by atoms with Crippen LogP contribution < -0.4 is 10.2 Å². The maximum atomic E-state index is 13.1. The second-order valence-corrected chi connectivity index (χ2v) is 6.97. The molecule has 1 aromatic heterocycles. The molecule has 8 heteroatoms. The summed E-state index contributed by atoms with van der Waals surface area (Å²) in [5.41, 5.74) is 1.59. The molecule has 0 spiro atoms. The van der Waals surface area contributed by atoms with E-state index in [1.165, 1.54) is 18.3 Å². The average molecular weight is 385 g/mol. The van der Waals surface area contributed by atoms with Crippen LogP contribution in [0.3, 0.4) is 0 Å². The van der Waals surface area contributed by atoms with E-state index >= 15 is 0 Å². The number of rotatable bonds is 6. The molecule has 27 heavy (non-hydrogen) atoms. The van der Waals surface area contributed by atoms with Crippen molar-refractivity contribution in [3.63, 3.8) is 0 Å².